The van der Waals surface area contributed by atoms with Gasteiger partial charge in [0.15, 0.2) is 0 Å². The van der Waals surface area contributed by atoms with Gasteiger partial charge in [-0.3, -0.25) is 4.98 Å². The molecule has 0 atom stereocenters. The van der Waals surface area contributed by atoms with Crippen molar-refractivity contribution in [2.45, 2.75) is 6.36 Å². The molecule has 94 valence electrons. The van der Waals surface area contributed by atoms with Crippen molar-refractivity contribution in [3.8, 4) is 17.0 Å². The van der Waals surface area contributed by atoms with Crippen molar-refractivity contribution in [3.63, 3.8) is 0 Å². The molecule has 2 rings (SSSR count). The maximum atomic E-state index is 12.1. The van der Waals surface area contributed by atoms with Crippen LogP contribution in [-0.2, 0) is 0 Å². The topological polar surface area (TPSA) is 37.9 Å². The summed E-state index contributed by atoms with van der Waals surface area (Å²) in [4.78, 5) is 6.70. The second-order valence-electron chi connectivity index (χ2n) is 3.39. The van der Waals surface area contributed by atoms with Gasteiger partial charge in [0, 0.05) is 5.56 Å². The minimum atomic E-state index is -4.71. The van der Waals surface area contributed by atoms with Gasteiger partial charge in [-0.2, -0.15) is 0 Å². The predicted octanol–water partition coefficient (Wildman–Crippen LogP) is 3.70. The van der Waals surface area contributed by atoms with Gasteiger partial charge in [-0.25, -0.2) is 0 Å². The van der Waals surface area contributed by atoms with Crippen LogP contribution in [-0.4, -0.2) is 16.3 Å². The van der Waals surface area contributed by atoms with Crippen LogP contribution in [0.1, 0.15) is 0 Å². The molecule has 0 fully saturated rings. The summed E-state index contributed by atoms with van der Waals surface area (Å²) in [6.45, 7) is 0. The predicted molar refractivity (Wildman–Crippen MR) is 61.5 cm³/mol. The van der Waals surface area contributed by atoms with E-state index in [4.69, 9.17) is 12.2 Å². The third-order valence-corrected chi connectivity index (χ3v) is 2.24. The molecule has 0 aliphatic heterocycles. The molecule has 0 spiro atoms. The summed E-state index contributed by atoms with van der Waals surface area (Å²) in [5.74, 6) is -0.289. The van der Waals surface area contributed by atoms with E-state index in [0.717, 1.165) is 0 Å². The summed E-state index contributed by atoms with van der Waals surface area (Å²) < 4.78 is 40.5. The lowest BCUT2D eigenvalue weighted by Crippen LogP contribution is -2.17. The number of rotatable bonds is 2. The molecule has 3 nitrogen and oxygen atoms in total. The van der Waals surface area contributed by atoms with Crippen LogP contribution in [0.3, 0.4) is 0 Å². The number of aromatic nitrogens is 2. The number of aromatic amines is 1. The molecule has 1 N–H and O–H groups in total. The van der Waals surface area contributed by atoms with Gasteiger partial charge in [-0.05, 0) is 12.1 Å². The van der Waals surface area contributed by atoms with Crippen LogP contribution >= 0.6 is 12.2 Å². The van der Waals surface area contributed by atoms with E-state index in [1.54, 1.807) is 6.07 Å². The summed E-state index contributed by atoms with van der Waals surface area (Å²) in [6, 6.07) is 5.57. The van der Waals surface area contributed by atoms with Crippen molar-refractivity contribution < 1.29 is 17.9 Å². The number of benzene rings is 1. The first-order valence-electron chi connectivity index (χ1n) is 4.84. The molecule has 0 bridgehead atoms. The molecule has 0 saturated carbocycles. The van der Waals surface area contributed by atoms with E-state index in [0.29, 0.717) is 15.9 Å². The minimum absolute atomic E-state index is 0.289. The van der Waals surface area contributed by atoms with Crippen LogP contribution in [0.25, 0.3) is 11.3 Å². The van der Waals surface area contributed by atoms with Gasteiger partial charge in [-0.1, -0.05) is 24.4 Å². The average molecular weight is 272 g/mol. The van der Waals surface area contributed by atoms with Crippen LogP contribution in [0.15, 0.2) is 36.7 Å². The fourth-order valence-electron chi connectivity index (χ4n) is 1.38. The highest BCUT2D eigenvalue weighted by atomic mass is 32.1. The Morgan fingerprint density at radius 1 is 1.22 bits per heavy atom. The van der Waals surface area contributed by atoms with Gasteiger partial charge in [0.05, 0.1) is 18.1 Å². The molecule has 2 aromatic rings. The third-order valence-electron chi connectivity index (χ3n) is 2.03. The highest BCUT2D eigenvalue weighted by Gasteiger charge is 2.31. The molecule has 7 heteroatoms. The van der Waals surface area contributed by atoms with E-state index in [-0.39, 0.29) is 5.75 Å². The number of halogens is 3. The van der Waals surface area contributed by atoms with E-state index in [1.807, 2.05) is 0 Å². The second-order valence-corrected chi connectivity index (χ2v) is 3.83. The van der Waals surface area contributed by atoms with Crippen molar-refractivity contribution >= 4 is 12.2 Å². The number of H-pyrrole nitrogens is 1. The molecule has 0 unspecified atom stereocenters. The highest BCUT2D eigenvalue weighted by molar-refractivity contribution is 7.71. The van der Waals surface area contributed by atoms with Gasteiger partial charge in [-0.15, -0.1) is 13.2 Å². The van der Waals surface area contributed by atoms with Crippen LogP contribution in [0, 0.1) is 4.64 Å². The van der Waals surface area contributed by atoms with Crippen molar-refractivity contribution in [2.24, 2.45) is 0 Å². The van der Waals surface area contributed by atoms with Crippen molar-refractivity contribution in [3.05, 3.63) is 41.3 Å². The first-order chi connectivity index (χ1) is 8.44. The molecule has 1 heterocycles. The molecule has 0 amide bonds. The van der Waals surface area contributed by atoms with Gasteiger partial charge in [0.1, 0.15) is 10.4 Å². The van der Waals surface area contributed by atoms with Gasteiger partial charge < -0.3 is 9.72 Å². The standard InChI is InChI=1S/C11H7F3N2OS/c12-11(13,14)17-8-3-1-2-7(4-8)9-5-15-6-10(18)16-9/h1-6H,(H,16,18). The summed E-state index contributed by atoms with van der Waals surface area (Å²) >= 11 is 4.89. The molecule has 1 aromatic carbocycles. The van der Waals surface area contributed by atoms with Crippen molar-refractivity contribution in [2.75, 3.05) is 0 Å². The lowest BCUT2D eigenvalue weighted by atomic mass is 10.1. The minimum Gasteiger partial charge on any atom is -0.406 e. The van der Waals surface area contributed by atoms with Gasteiger partial charge in [0.25, 0.3) is 0 Å². The maximum Gasteiger partial charge on any atom is 0.573 e. The normalized spacial score (nSPS) is 11.3. The maximum absolute atomic E-state index is 12.1. The lowest BCUT2D eigenvalue weighted by Gasteiger charge is -2.09. The zero-order valence-electron chi connectivity index (χ0n) is 8.86. The van der Waals surface area contributed by atoms with Crippen molar-refractivity contribution in [1.82, 2.24) is 9.97 Å². The Morgan fingerprint density at radius 3 is 2.67 bits per heavy atom. The van der Waals surface area contributed by atoms with Crippen molar-refractivity contribution in [1.29, 1.82) is 0 Å². The zero-order chi connectivity index (χ0) is 13.2. The number of nitrogens with zero attached hydrogens (tertiary/aromatic N) is 1. The number of nitrogens with one attached hydrogen (secondary N) is 1. The number of hydrogen-bond donors (Lipinski definition) is 1. The van der Waals surface area contributed by atoms with Gasteiger partial charge in [0.2, 0.25) is 0 Å². The van der Waals surface area contributed by atoms with Crippen LogP contribution < -0.4 is 4.74 Å². The molecule has 18 heavy (non-hydrogen) atoms. The third kappa shape index (κ3) is 3.30. The monoisotopic (exact) mass is 272 g/mol. The Morgan fingerprint density at radius 2 is 2.00 bits per heavy atom. The lowest BCUT2D eigenvalue weighted by molar-refractivity contribution is -0.274. The summed E-state index contributed by atoms with van der Waals surface area (Å²) in [6.07, 6.45) is -1.79. The highest BCUT2D eigenvalue weighted by Crippen LogP contribution is 2.26. The molecule has 0 aliphatic carbocycles. The summed E-state index contributed by atoms with van der Waals surface area (Å²) in [7, 11) is 0. The Hall–Kier alpha value is -1.89. The van der Waals surface area contributed by atoms with Gasteiger partial charge >= 0.3 is 6.36 Å². The van der Waals surface area contributed by atoms with E-state index < -0.39 is 6.36 Å². The summed E-state index contributed by atoms with van der Waals surface area (Å²) in [5.41, 5.74) is 1.03. The Kier molecular flexibility index (Phi) is 3.33. The Labute approximate surface area is 105 Å². The van der Waals surface area contributed by atoms with Crippen LogP contribution in [0.4, 0.5) is 13.2 Å². The fraction of sp³-hybridized carbons (Fsp3) is 0.0909. The Balaban J connectivity index is 2.36. The molecular weight excluding hydrogens is 265 g/mol. The Bertz CT molecular complexity index is 609. The molecule has 0 aliphatic rings. The SMILES string of the molecule is FC(F)(F)Oc1cccc(-c2cncc(=S)[nH]2)c1. The molecule has 0 saturated heterocycles. The van der Waals surface area contributed by atoms with E-state index in [2.05, 4.69) is 14.7 Å². The average Bonchev–Trinajstić information content (AvgIpc) is 2.27. The molecule has 0 radical (unpaired) electrons. The number of alkyl halides is 3. The number of hydrogen-bond acceptors (Lipinski definition) is 3. The first kappa shape index (κ1) is 12.6. The molecular formula is C11H7F3N2OS. The van der Waals surface area contributed by atoms with E-state index >= 15 is 0 Å². The molecule has 1 aromatic heterocycles. The largest absolute Gasteiger partial charge is 0.573 e. The number of ether oxygens (including phenoxy) is 1. The van der Waals surface area contributed by atoms with E-state index in [9.17, 15) is 13.2 Å². The summed E-state index contributed by atoms with van der Waals surface area (Å²) in [5, 5.41) is 0. The van der Waals surface area contributed by atoms with Crippen LogP contribution in [0.5, 0.6) is 5.75 Å². The fourth-order valence-corrected chi connectivity index (χ4v) is 1.56. The van der Waals surface area contributed by atoms with E-state index in [1.165, 1.54) is 30.6 Å². The first-order valence-corrected chi connectivity index (χ1v) is 5.25. The quantitative estimate of drug-likeness (QED) is 0.847. The smallest absolute Gasteiger partial charge is 0.406 e. The second kappa shape index (κ2) is 4.77. The van der Waals surface area contributed by atoms with Crippen LogP contribution in [0.2, 0.25) is 0 Å². The zero-order valence-corrected chi connectivity index (χ0v) is 9.68.